The van der Waals surface area contributed by atoms with Gasteiger partial charge in [-0.1, -0.05) is 49.4 Å². The zero-order chi connectivity index (χ0) is 17.2. The Kier molecular flexibility index (Phi) is 6.83. The van der Waals surface area contributed by atoms with Crippen molar-refractivity contribution in [3.8, 4) is 0 Å². The number of nitrogens with one attached hydrogen (secondary N) is 1. The van der Waals surface area contributed by atoms with Gasteiger partial charge in [-0.05, 0) is 29.7 Å². The normalized spacial score (nSPS) is 11.1. The number of nitrogens with two attached hydrogens (primary N) is 1. The highest BCUT2D eigenvalue weighted by molar-refractivity contribution is 5.89. The number of nitrogens with zero attached hydrogens (tertiary/aromatic N) is 1. The number of ether oxygens (including phenoxy) is 1. The van der Waals surface area contributed by atoms with Crippen LogP contribution in [0.4, 0.5) is 0 Å². The Bertz CT molecular complexity index is 684. The molecule has 0 atom stereocenters. The number of benzene rings is 2. The van der Waals surface area contributed by atoms with E-state index in [4.69, 9.17) is 10.5 Å². The van der Waals surface area contributed by atoms with Crippen LogP contribution in [0.5, 0.6) is 0 Å². The predicted molar refractivity (Wildman–Crippen MR) is 95.6 cm³/mol. The Morgan fingerprint density at radius 1 is 1.12 bits per heavy atom. The van der Waals surface area contributed by atoms with Crippen molar-refractivity contribution in [2.45, 2.75) is 26.5 Å². The smallest absolute Gasteiger partial charge is 0.338 e. The van der Waals surface area contributed by atoms with Crippen LogP contribution in [0.2, 0.25) is 0 Å². The zero-order valence-corrected chi connectivity index (χ0v) is 13.9. The molecule has 0 aliphatic carbocycles. The fourth-order valence-corrected chi connectivity index (χ4v) is 2.09. The number of hydrogen-bond donors (Lipinski definition) is 2. The van der Waals surface area contributed by atoms with Gasteiger partial charge < -0.3 is 15.8 Å². The summed E-state index contributed by atoms with van der Waals surface area (Å²) in [5.74, 6) is 0.0654. The van der Waals surface area contributed by atoms with E-state index < -0.39 is 0 Å². The molecule has 0 bridgehead atoms. The quantitative estimate of drug-likeness (QED) is 0.466. The molecule has 126 valence electrons. The summed E-state index contributed by atoms with van der Waals surface area (Å²) in [6.07, 6.45) is 0.985. The minimum Gasteiger partial charge on any atom is -0.457 e. The third kappa shape index (κ3) is 5.76. The molecular weight excluding hydrogens is 302 g/mol. The first-order chi connectivity index (χ1) is 11.7. The Morgan fingerprint density at radius 2 is 1.88 bits per heavy atom. The number of rotatable bonds is 7. The predicted octanol–water partition coefficient (Wildman–Crippen LogP) is 2.86. The van der Waals surface area contributed by atoms with Gasteiger partial charge in [0.05, 0.1) is 12.1 Å². The van der Waals surface area contributed by atoms with Crippen LogP contribution < -0.4 is 11.1 Å². The second-order valence-electron chi connectivity index (χ2n) is 5.39. The minimum atomic E-state index is -0.346. The second kappa shape index (κ2) is 9.35. The highest BCUT2D eigenvalue weighted by atomic mass is 16.5. The summed E-state index contributed by atoms with van der Waals surface area (Å²) in [6, 6.07) is 16.8. The lowest BCUT2D eigenvalue weighted by Crippen LogP contribution is -2.32. The summed E-state index contributed by atoms with van der Waals surface area (Å²) in [7, 11) is 0. The molecule has 2 aromatic rings. The van der Waals surface area contributed by atoms with E-state index in [1.54, 1.807) is 12.1 Å². The first-order valence-corrected chi connectivity index (χ1v) is 8.03. The molecule has 5 nitrogen and oxygen atoms in total. The Morgan fingerprint density at radius 3 is 2.62 bits per heavy atom. The average Bonchev–Trinajstić information content (AvgIpc) is 2.63. The van der Waals surface area contributed by atoms with Gasteiger partial charge in [0.2, 0.25) is 0 Å². The summed E-state index contributed by atoms with van der Waals surface area (Å²) in [5.41, 5.74) is 8.14. The number of aliphatic imine (C=N–C) groups is 1. The summed E-state index contributed by atoms with van der Waals surface area (Å²) in [4.78, 5) is 16.4. The van der Waals surface area contributed by atoms with E-state index >= 15 is 0 Å². The lowest BCUT2D eigenvalue weighted by Gasteiger charge is -2.07. The van der Waals surface area contributed by atoms with Gasteiger partial charge in [0.15, 0.2) is 5.96 Å². The fraction of sp³-hybridized carbons (Fsp3) is 0.263. The van der Waals surface area contributed by atoms with Crippen molar-refractivity contribution in [2.75, 3.05) is 6.54 Å². The van der Waals surface area contributed by atoms with E-state index in [0.717, 1.165) is 24.1 Å². The molecule has 0 aliphatic rings. The SMILES string of the molecule is CCCNC(N)=NCc1cccc(C(=O)OCc2ccccc2)c1. The molecule has 0 aliphatic heterocycles. The van der Waals surface area contributed by atoms with E-state index in [2.05, 4.69) is 17.2 Å². The van der Waals surface area contributed by atoms with E-state index in [9.17, 15) is 4.79 Å². The maximum Gasteiger partial charge on any atom is 0.338 e. The highest BCUT2D eigenvalue weighted by Crippen LogP contribution is 2.10. The van der Waals surface area contributed by atoms with E-state index in [1.165, 1.54) is 0 Å². The summed E-state index contributed by atoms with van der Waals surface area (Å²) in [6.45, 7) is 3.53. The van der Waals surface area contributed by atoms with Crippen molar-refractivity contribution in [1.29, 1.82) is 0 Å². The van der Waals surface area contributed by atoms with Crippen molar-refractivity contribution < 1.29 is 9.53 Å². The Labute approximate surface area is 142 Å². The maximum absolute atomic E-state index is 12.2. The number of esters is 1. The van der Waals surface area contributed by atoms with Gasteiger partial charge in [-0.15, -0.1) is 0 Å². The van der Waals surface area contributed by atoms with Crippen molar-refractivity contribution in [3.63, 3.8) is 0 Å². The van der Waals surface area contributed by atoms with Crippen LogP contribution in [0, 0.1) is 0 Å². The first-order valence-electron chi connectivity index (χ1n) is 8.03. The van der Waals surface area contributed by atoms with Gasteiger partial charge >= 0.3 is 5.97 Å². The van der Waals surface area contributed by atoms with Crippen LogP contribution in [0.15, 0.2) is 59.6 Å². The molecule has 0 saturated carbocycles. The topological polar surface area (TPSA) is 76.7 Å². The Hall–Kier alpha value is -2.82. The molecule has 0 radical (unpaired) electrons. The average molecular weight is 325 g/mol. The molecule has 24 heavy (non-hydrogen) atoms. The molecule has 0 unspecified atom stereocenters. The van der Waals surface area contributed by atoms with Crippen LogP contribution in [0.3, 0.4) is 0 Å². The van der Waals surface area contributed by atoms with E-state index in [0.29, 0.717) is 18.1 Å². The molecule has 2 rings (SSSR count). The third-order valence-electron chi connectivity index (χ3n) is 3.36. The van der Waals surface area contributed by atoms with Gasteiger partial charge in [0.25, 0.3) is 0 Å². The lowest BCUT2D eigenvalue weighted by atomic mass is 10.1. The largest absolute Gasteiger partial charge is 0.457 e. The van der Waals surface area contributed by atoms with Gasteiger partial charge in [0, 0.05) is 6.54 Å². The van der Waals surface area contributed by atoms with Crippen LogP contribution >= 0.6 is 0 Å². The molecule has 5 heteroatoms. The molecular formula is C19H23N3O2. The fourth-order valence-electron chi connectivity index (χ4n) is 2.09. The number of carbonyl (C=O) groups excluding carboxylic acids is 1. The molecule has 0 saturated heterocycles. The van der Waals surface area contributed by atoms with Crippen LogP contribution in [0.1, 0.15) is 34.8 Å². The van der Waals surface area contributed by atoms with Crippen molar-refractivity contribution >= 4 is 11.9 Å². The molecule has 2 aromatic carbocycles. The van der Waals surface area contributed by atoms with E-state index in [-0.39, 0.29) is 12.6 Å². The molecule has 0 spiro atoms. The van der Waals surface area contributed by atoms with Crippen LogP contribution in [-0.4, -0.2) is 18.5 Å². The number of hydrogen-bond acceptors (Lipinski definition) is 3. The van der Waals surface area contributed by atoms with Crippen molar-refractivity contribution in [3.05, 3.63) is 71.3 Å². The van der Waals surface area contributed by atoms with Gasteiger partial charge in [0.1, 0.15) is 6.61 Å². The number of guanidine groups is 1. The Balaban J connectivity index is 1.92. The molecule has 0 fully saturated rings. The summed E-state index contributed by atoms with van der Waals surface area (Å²) in [5, 5.41) is 3.01. The standard InChI is InChI=1S/C19H23N3O2/c1-2-11-21-19(20)22-13-16-9-6-10-17(12-16)18(23)24-14-15-7-4-3-5-8-15/h3-10,12H,2,11,13-14H2,1H3,(H3,20,21,22). The van der Waals surface area contributed by atoms with Gasteiger partial charge in [-0.3, -0.25) is 0 Å². The highest BCUT2D eigenvalue weighted by Gasteiger charge is 2.08. The lowest BCUT2D eigenvalue weighted by molar-refractivity contribution is 0.0472. The minimum absolute atomic E-state index is 0.260. The summed E-state index contributed by atoms with van der Waals surface area (Å²) < 4.78 is 5.34. The summed E-state index contributed by atoms with van der Waals surface area (Å²) >= 11 is 0. The molecule has 0 amide bonds. The van der Waals surface area contributed by atoms with Crippen molar-refractivity contribution in [2.24, 2.45) is 10.7 Å². The van der Waals surface area contributed by atoms with Crippen LogP contribution in [0.25, 0.3) is 0 Å². The van der Waals surface area contributed by atoms with Gasteiger partial charge in [-0.25, -0.2) is 9.79 Å². The first kappa shape index (κ1) is 17.5. The molecule has 3 N–H and O–H groups in total. The molecule has 0 aromatic heterocycles. The number of carbonyl (C=O) groups is 1. The monoisotopic (exact) mass is 325 g/mol. The second-order valence-corrected chi connectivity index (χ2v) is 5.39. The maximum atomic E-state index is 12.2. The van der Waals surface area contributed by atoms with Gasteiger partial charge in [-0.2, -0.15) is 0 Å². The van der Waals surface area contributed by atoms with Crippen molar-refractivity contribution in [1.82, 2.24) is 5.32 Å². The van der Waals surface area contributed by atoms with E-state index in [1.807, 2.05) is 42.5 Å². The third-order valence-corrected chi connectivity index (χ3v) is 3.36. The zero-order valence-electron chi connectivity index (χ0n) is 13.9. The molecule has 0 heterocycles. The van der Waals surface area contributed by atoms with Crippen LogP contribution in [-0.2, 0) is 17.9 Å².